The lowest BCUT2D eigenvalue weighted by Gasteiger charge is -2.43. The largest absolute Gasteiger partial charge is 0.394 e. The highest BCUT2D eigenvalue weighted by molar-refractivity contribution is 6.35. The Labute approximate surface area is 160 Å². The summed E-state index contributed by atoms with van der Waals surface area (Å²) < 4.78 is 11.9. The van der Waals surface area contributed by atoms with Crippen molar-refractivity contribution in [3.05, 3.63) is 11.3 Å². The molecule has 0 radical (unpaired) electrons. The van der Waals surface area contributed by atoms with Crippen LogP contribution in [-0.2, 0) is 9.47 Å². The molecule has 2 atom stereocenters. The van der Waals surface area contributed by atoms with E-state index in [9.17, 15) is 5.11 Å². The first kappa shape index (κ1) is 19.6. The molecule has 2 N–H and O–H groups in total. The number of ether oxygens (including phenoxy) is 2. The first-order valence-corrected chi connectivity index (χ1v) is 9.53. The standard InChI is InChI=1S/C18H29ClN4O3/c1-17(2)6-5-12(25-17)7-20-15-14(19)16(22-11-21-15)23-8-13(9-24)26-18(3,4)10-23/h11-13,24H,5-10H2,1-4H3,(H,20,21,22)/t12?,13-/m1/s1. The van der Waals surface area contributed by atoms with Gasteiger partial charge >= 0.3 is 0 Å². The van der Waals surface area contributed by atoms with Gasteiger partial charge in [-0.15, -0.1) is 0 Å². The van der Waals surface area contributed by atoms with Crippen LogP contribution in [0.2, 0.25) is 5.02 Å². The number of halogens is 1. The smallest absolute Gasteiger partial charge is 0.153 e. The molecule has 2 saturated heterocycles. The van der Waals surface area contributed by atoms with Crippen LogP contribution in [0.3, 0.4) is 0 Å². The minimum atomic E-state index is -0.392. The lowest BCUT2D eigenvalue weighted by Crippen LogP contribution is -2.54. The molecule has 0 bridgehead atoms. The van der Waals surface area contributed by atoms with Crippen molar-refractivity contribution in [2.75, 3.05) is 36.5 Å². The average Bonchev–Trinajstić information content (AvgIpc) is 2.91. The van der Waals surface area contributed by atoms with E-state index in [0.29, 0.717) is 36.3 Å². The number of rotatable bonds is 5. The molecule has 146 valence electrons. The van der Waals surface area contributed by atoms with E-state index in [1.807, 2.05) is 13.8 Å². The van der Waals surface area contributed by atoms with Gasteiger partial charge in [-0.25, -0.2) is 9.97 Å². The molecule has 0 aliphatic carbocycles. The average molecular weight is 385 g/mol. The lowest BCUT2D eigenvalue weighted by atomic mass is 10.1. The number of aliphatic hydroxyl groups is 1. The fourth-order valence-electron chi connectivity index (χ4n) is 3.69. The minimum Gasteiger partial charge on any atom is -0.394 e. The van der Waals surface area contributed by atoms with Crippen LogP contribution in [0.25, 0.3) is 0 Å². The Kier molecular flexibility index (Phi) is 5.63. The third-order valence-electron chi connectivity index (χ3n) is 4.81. The zero-order chi connectivity index (χ0) is 18.9. The fraction of sp³-hybridized carbons (Fsp3) is 0.778. The summed E-state index contributed by atoms with van der Waals surface area (Å²) in [6.45, 7) is 10.0. The van der Waals surface area contributed by atoms with E-state index in [1.54, 1.807) is 0 Å². The Balaban J connectivity index is 1.71. The van der Waals surface area contributed by atoms with Crippen LogP contribution in [0.15, 0.2) is 6.33 Å². The maximum absolute atomic E-state index is 9.52. The van der Waals surface area contributed by atoms with Gasteiger partial charge in [0.25, 0.3) is 0 Å². The summed E-state index contributed by atoms with van der Waals surface area (Å²) in [6, 6.07) is 0. The van der Waals surface area contributed by atoms with Crippen molar-refractivity contribution in [2.45, 2.75) is 63.9 Å². The summed E-state index contributed by atoms with van der Waals surface area (Å²) in [5, 5.41) is 13.3. The maximum atomic E-state index is 9.52. The Morgan fingerprint density at radius 3 is 2.62 bits per heavy atom. The molecule has 3 heterocycles. The zero-order valence-electron chi connectivity index (χ0n) is 16.0. The molecule has 0 saturated carbocycles. The second-order valence-corrected chi connectivity index (χ2v) is 8.72. The van der Waals surface area contributed by atoms with Crippen molar-refractivity contribution >= 4 is 23.2 Å². The van der Waals surface area contributed by atoms with Crippen molar-refractivity contribution in [3.8, 4) is 0 Å². The van der Waals surface area contributed by atoms with Crippen LogP contribution in [0.5, 0.6) is 0 Å². The number of anilines is 2. The molecule has 26 heavy (non-hydrogen) atoms. The molecule has 1 aromatic heterocycles. The second kappa shape index (κ2) is 7.46. The summed E-state index contributed by atoms with van der Waals surface area (Å²) in [6.07, 6.45) is 3.47. The highest BCUT2D eigenvalue weighted by Crippen LogP contribution is 2.34. The monoisotopic (exact) mass is 384 g/mol. The Hall–Kier alpha value is -1.15. The molecule has 1 unspecified atom stereocenters. The molecule has 2 fully saturated rings. The Morgan fingerprint density at radius 2 is 1.96 bits per heavy atom. The summed E-state index contributed by atoms with van der Waals surface area (Å²) in [7, 11) is 0. The van der Waals surface area contributed by atoms with E-state index in [1.165, 1.54) is 6.33 Å². The number of aliphatic hydroxyl groups excluding tert-OH is 1. The fourth-order valence-corrected chi connectivity index (χ4v) is 3.97. The molecule has 0 amide bonds. The van der Waals surface area contributed by atoms with Gasteiger partial charge < -0.3 is 24.8 Å². The molecule has 2 aliphatic rings. The van der Waals surface area contributed by atoms with Gasteiger partial charge in [-0.2, -0.15) is 0 Å². The molecular weight excluding hydrogens is 356 g/mol. The van der Waals surface area contributed by atoms with Crippen LogP contribution >= 0.6 is 11.6 Å². The van der Waals surface area contributed by atoms with Crippen LogP contribution in [0, 0.1) is 0 Å². The van der Waals surface area contributed by atoms with E-state index in [2.05, 4.69) is 34.0 Å². The van der Waals surface area contributed by atoms with Gasteiger partial charge in [0.1, 0.15) is 11.3 Å². The molecule has 2 aliphatic heterocycles. The minimum absolute atomic E-state index is 0.0391. The first-order chi connectivity index (χ1) is 12.2. The van der Waals surface area contributed by atoms with E-state index in [-0.39, 0.29) is 24.4 Å². The molecule has 8 heteroatoms. The number of nitrogens with zero attached hydrogens (tertiary/aromatic N) is 3. The highest BCUT2D eigenvalue weighted by Gasteiger charge is 2.35. The SMILES string of the molecule is CC1(C)CCC(CNc2ncnc(N3C[C@H](CO)OC(C)(C)C3)c2Cl)O1. The first-order valence-electron chi connectivity index (χ1n) is 9.15. The van der Waals surface area contributed by atoms with Crippen molar-refractivity contribution in [1.82, 2.24) is 9.97 Å². The second-order valence-electron chi connectivity index (χ2n) is 8.34. The van der Waals surface area contributed by atoms with Crippen LogP contribution < -0.4 is 10.2 Å². The lowest BCUT2D eigenvalue weighted by molar-refractivity contribution is -0.101. The van der Waals surface area contributed by atoms with E-state index in [4.69, 9.17) is 21.1 Å². The number of morpholine rings is 1. The van der Waals surface area contributed by atoms with Crippen molar-refractivity contribution in [3.63, 3.8) is 0 Å². The number of hydrogen-bond donors (Lipinski definition) is 2. The summed E-state index contributed by atoms with van der Waals surface area (Å²) in [5.74, 6) is 1.27. The van der Waals surface area contributed by atoms with Crippen LogP contribution in [-0.4, -0.2) is 64.7 Å². The highest BCUT2D eigenvalue weighted by atomic mass is 35.5. The Morgan fingerprint density at radius 1 is 1.23 bits per heavy atom. The van der Waals surface area contributed by atoms with Crippen molar-refractivity contribution in [2.24, 2.45) is 0 Å². The maximum Gasteiger partial charge on any atom is 0.153 e. The molecule has 1 aromatic rings. The van der Waals surface area contributed by atoms with Gasteiger partial charge in [0.15, 0.2) is 11.6 Å². The van der Waals surface area contributed by atoms with Gasteiger partial charge in [-0.3, -0.25) is 0 Å². The van der Waals surface area contributed by atoms with Crippen molar-refractivity contribution in [1.29, 1.82) is 0 Å². The summed E-state index contributed by atoms with van der Waals surface area (Å²) in [5.41, 5.74) is -0.456. The van der Waals surface area contributed by atoms with Gasteiger partial charge in [-0.05, 0) is 40.5 Å². The normalized spacial score (nSPS) is 27.5. The third kappa shape index (κ3) is 4.57. The predicted molar refractivity (Wildman–Crippen MR) is 102 cm³/mol. The van der Waals surface area contributed by atoms with Crippen molar-refractivity contribution < 1.29 is 14.6 Å². The van der Waals surface area contributed by atoms with E-state index in [0.717, 1.165) is 12.8 Å². The summed E-state index contributed by atoms with van der Waals surface area (Å²) >= 11 is 6.59. The van der Waals surface area contributed by atoms with Gasteiger partial charge in [0.05, 0.1) is 30.0 Å². The number of hydrogen-bond acceptors (Lipinski definition) is 7. The topological polar surface area (TPSA) is 79.7 Å². The van der Waals surface area contributed by atoms with Gasteiger partial charge in [0, 0.05) is 19.6 Å². The van der Waals surface area contributed by atoms with Gasteiger partial charge in [0.2, 0.25) is 0 Å². The molecule has 7 nitrogen and oxygen atoms in total. The molecule has 0 aromatic carbocycles. The molecule has 0 spiro atoms. The number of aromatic nitrogens is 2. The third-order valence-corrected chi connectivity index (χ3v) is 5.15. The molecular formula is C18H29ClN4O3. The zero-order valence-corrected chi connectivity index (χ0v) is 16.7. The predicted octanol–water partition coefficient (Wildman–Crippen LogP) is 2.48. The Bertz CT molecular complexity index is 641. The van der Waals surface area contributed by atoms with Gasteiger partial charge in [-0.1, -0.05) is 11.6 Å². The molecule has 3 rings (SSSR count). The van der Waals surface area contributed by atoms with E-state index >= 15 is 0 Å². The summed E-state index contributed by atoms with van der Waals surface area (Å²) in [4.78, 5) is 10.7. The van der Waals surface area contributed by atoms with E-state index < -0.39 is 5.60 Å². The van der Waals surface area contributed by atoms with Crippen LogP contribution in [0.4, 0.5) is 11.6 Å². The quantitative estimate of drug-likeness (QED) is 0.807. The number of nitrogens with one attached hydrogen (secondary N) is 1. The van der Waals surface area contributed by atoms with Crippen LogP contribution in [0.1, 0.15) is 40.5 Å².